The van der Waals surface area contributed by atoms with E-state index in [9.17, 15) is 9.59 Å². The summed E-state index contributed by atoms with van der Waals surface area (Å²) in [6.07, 6.45) is 0.913. The molecule has 20 heavy (non-hydrogen) atoms. The number of nitrogens with one attached hydrogen (secondary N) is 1. The Morgan fingerprint density at radius 3 is 2.75 bits per heavy atom. The molecule has 0 aromatic heterocycles. The van der Waals surface area contributed by atoms with Crippen LogP contribution in [0.25, 0.3) is 0 Å². The van der Waals surface area contributed by atoms with Gasteiger partial charge in [0.25, 0.3) is 0 Å². The van der Waals surface area contributed by atoms with Crippen LogP contribution in [-0.4, -0.2) is 31.6 Å². The molecule has 0 unspecified atom stereocenters. The van der Waals surface area contributed by atoms with Crippen molar-refractivity contribution in [2.75, 3.05) is 13.4 Å². The van der Waals surface area contributed by atoms with E-state index in [2.05, 4.69) is 5.32 Å². The van der Waals surface area contributed by atoms with E-state index in [0.29, 0.717) is 29.1 Å². The Kier molecular flexibility index (Phi) is 4.45. The molecule has 0 radical (unpaired) electrons. The third kappa shape index (κ3) is 3.40. The van der Waals surface area contributed by atoms with E-state index in [-0.39, 0.29) is 31.8 Å². The van der Waals surface area contributed by atoms with E-state index in [1.165, 1.54) is 0 Å². The van der Waals surface area contributed by atoms with E-state index in [1.54, 1.807) is 12.1 Å². The van der Waals surface area contributed by atoms with Crippen LogP contribution in [0.3, 0.4) is 0 Å². The fourth-order valence-corrected chi connectivity index (χ4v) is 1.80. The van der Waals surface area contributed by atoms with Crippen LogP contribution in [0.1, 0.15) is 30.6 Å². The number of hydrogen-bond donors (Lipinski definition) is 1. The molecule has 1 aromatic rings. The van der Waals surface area contributed by atoms with Gasteiger partial charge in [-0.15, -0.1) is 0 Å². The summed E-state index contributed by atoms with van der Waals surface area (Å²) in [7, 11) is 0. The zero-order chi connectivity index (χ0) is 14.5. The van der Waals surface area contributed by atoms with E-state index < -0.39 is 0 Å². The number of carbonyl (C=O) groups excluding carboxylic acids is 2. The number of rotatable bonds is 6. The summed E-state index contributed by atoms with van der Waals surface area (Å²) in [5.41, 5.74) is 0.374. The van der Waals surface area contributed by atoms with E-state index in [0.717, 1.165) is 0 Å². The van der Waals surface area contributed by atoms with Gasteiger partial charge in [0.1, 0.15) is 5.75 Å². The van der Waals surface area contributed by atoms with E-state index in [4.69, 9.17) is 14.2 Å². The minimum Gasteiger partial charge on any atom is -0.492 e. The van der Waals surface area contributed by atoms with Gasteiger partial charge in [-0.2, -0.15) is 0 Å². The smallest absolute Gasteiger partial charge is 0.231 e. The molecule has 0 atom stereocenters. The third-order valence-corrected chi connectivity index (χ3v) is 2.67. The van der Waals surface area contributed by atoms with Gasteiger partial charge in [-0.1, -0.05) is 0 Å². The van der Waals surface area contributed by atoms with Crippen molar-refractivity contribution in [1.29, 1.82) is 0 Å². The first-order chi connectivity index (χ1) is 9.60. The van der Waals surface area contributed by atoms with Gasteiger partial charge in [-0.25, -0.2) is 0 Å². The predicted octanol–water partition coefficient (Wildman–Crippen LogP) is 1.52. The highest BCUT2D eigenvalue weighted by Crippen LogP contribution is 2.37. The maximum atomic E-state index is 11.5. The average Bonchev–Trinajstić information content (AvgIpc) is 2.83. The summed E-state index contributed by atoms with van der Waals surface area (Å²) in [6, 6.07) is 3.27. The topological polar surface area (TPSA) is 73.9 Å². The number of aldehydes is 1. The number of carbonyl (C=O) groups is 2. The highest BCUT2D eigenvalue weighted by atomic mass is 16.7. The van der Waals surface area contributed by atoms with Gasteiger partial charge in [0.2, 0.25) is 12.7 Å². The van der Waals surface area contributed by atoms with Gasteiger partial charge >= 0.3 is 0 Å². The lowest BCUT2D eigenvalue weighted by Crippen LogP contribution is -2.31. The Labute approximate surface area is 117 Å². The molecule has 2 rings (SSSR count). The van der Waals surface area contributed by atoms with Crippen molar-refractivity contribution in [2.45, 2.75) is 26.3 Å². The Hall–Kier alpha value is -2.24. The summed E-state index contributed by atoms with van der Waals surface area (Å²) in [4.78, 5) is 22.5. The summed E-state index contributed by atoms with van der Waals surface area (Å²) >= 11 is 0. The molecule has 1 amide bonds. The van der Waals surface area contributed by atoms with Crippen LogP contribution in [0, 0.1) is 0 Å². The first kappa shape index (κ1) is 14.2. The molecule has 1 N–H and O–H groups in total. The maximum Gasteiger partial charge on any atom is 0.231 e. The second-order valence-electron chi connectivity index (χ2n) is 4.68. The minimum absolute atomic E-state index is 0.0894. The molecule has 0 saturated carbocycles. The van der Waals surface area contributed by atoms with Crippen LogP contribution in [0.5, 0.6) is 17.2 Å². The Bertz CT molecular complexity index is 513. The first-order valence-corrected chi connectivity index (χ1v) is 6.41. The minimum atomic E-state index is -0.0894. The number of amides is 1. The zero-order valence-electron chi connectivity index (χ0n) is 11.5. The molecule has 6 heteroatoms. The van der Waals surface area contributed by atoms with Crippen molar-refractivity contribution in [3.63, 3.8) is 0 Å². The van der Waals surface area contributed by atoms with Crippen molar-refractivity contribution in [3.8, 4) is 17.2 Å². The number of hydrogen-bond acceptors (Lipinski definition) is 5. The molecule has 0 saturated heterocycles. The van der Waals surface area contributed by atoms with Crippen LogP contribution in [0.4, 0.5) is 0 Å². The Morgan fingerprint density at radius 1 is 1.40 bits per heavy atom. The lowest BCUT2D eigenvalue weighted by molar-refractivity contribution is -0.122. The number of fused-ring (bicyclic) bond motifs is 1. The molecule has 6 nitrogen and oxygen atoms in total. The summed E-state index contributed by atoms with van der Waals surface area (Å²) in [6.45, 7) is 4.11. The highest BCUT2D eigenvalue weighted by molar-refractivity contribution is 5.81. The van der Waals surface area contributed by atoms with Gasteiger partial charge in [0.05, 0.1) is 18.6 Å². The highest BCUT2D eigenvalue weighted by Gasteiger charge is 2.18. The fourth-order valence-electron chi connectivity index (χ4n) is 1.80. The Morgan fingerprint density at radius 2 is 2.10 bits per heavy atom. The average molecular weight is 279 g/mol. The SMILES string of the molecule is CC(C)NC(=O)CCOc1cc2c(cc1C=O)OCO2. The molecule has 0 fully saturated rings. The summed E-state index contributed by atoms with van der Waals surface area (Å²) < 4.78 is 15.9. The van der Waals surface area contributed by atoms with Crippen LogP contribution in [0.2, 0.25) is 0 Å². The van der Waals surface area contributed by atoms with Gasteiger partial charge in [-0.3, -0.25) is 9.59 Å². The second kappa shape index (κ2) is 6.27. The van der Waals surface area contributed by atoms with Crippen LogP contribution in [0.15, 0.2) is 12.1 Å². The van der Waals surface area contributed by atoms with Crippen molar-refractivity contribution < 1.29 is 23.8 Å². The van der Waals surface area contributed by atoms with Gasteiger partial charge < -0.3 is 19.5 Å². The largest absolute Gasteiger partial charge is 0.492 e. The zero-order valence-corrected chi connectivity index (χ0v) is 11.5. The molecule has 0 bridgehead atoms. The van der Waals surface area contributed by atoms with Crippen LogP contribution < -0.4 is 19.5 Å². The predicted molar refractivity (Wildman–Crippen MR) is 71.3 cm³/mol. The van der Waals surface area contributed by atoms with Crippen molar-refractivity contribution >= 4 is 12.2 Å². The standard InChI is InChI=1S/C14H17NO5/c1-9(2)15-14(17)3-4-18-11-6-13-12(19-8-20-13)5-10(11)7-16/h5-7,9H,3-4,8H2,1-2H3,(H,15,17). The monoisotopic (exact) mass is 279 g/mol. The fraction of sp³-hybridized carbons (Fsp3) is 0.429. The molecule has 1 aliphatic heterocycles. The molecule has 1 aromatic carbocycles. The van der Waals surface area contributed by atoms with Crippen LogP contribution in [-0.2, 0) is 4.79 Å². The third-order valence-electron chi connectivity index (χ3n) is 2.67. The quantitative estimate of drug-likeness (QED) is 0.799. The van der Waals surface area contributed by atoms with Gasteiger partial charge in [0, 0.05) is 12.1 Å². The van der Waals surface area contributed by atoms with E-state index in [1.807, 2.05) is 13.8 Å². The van der Waals surface area contributed by atoms with Crippen molar-refractivity contribution in [1.82, 2.24) is 5.32 Å². The first-order valence-electron chi connectivity index (χ1n) is 6.41. The second-order valence-corrected chi connectivity index (χ2v) is 4.68. The maximum absolute atomic E-state index is 11.5. The molecule has 1 aliphatic rings. The van der Waals surface area contributed by atoms with E-state index >= 15 is 0 Å². The summed E-state index contributed by atoms with van der Waals surface area (Å²) in [5, 5.41) is 2.77. The molecule has 108 valence electrons. The lowest BCUT2D eigenvalue weighted by atomic mass is 10.2. The normalized spacial score (nSPS) is 12.3. The molecule has 1 heterocycles. The lowest BCUT2D eigenvalue weighted by Gasteiger charge is -2.11. The number of benzene rings is 1. The summed E-state index contributed by atoms with van der Waals surface area (Å²) in [5.74, 6) is 1.37. The van der Waals surface area contributed by atoms with Crippen molar-refractivity contribution in [2.24, 2.45) is 0 Å². The number of ether oxygens (including phenoxy) is 3. The van der Waals surface area contributed by atoms with Gasteiger partial charge in [0.15, 0.2) is 17.8 Å². The molecule has 0 aliphatic carbocycles. The Balaban J connectivity index is 1.96. The molecule has 0 spiro atoms. The van der Waals surface area contributed by atoms with Crippen LogP contribution >= 0.6 is 0 Å². The van der Waals surface area contributed by atoms with Crippen molar-refractivity contribution in [3.05, 3.63) is 17.7 Å². The van der Waals surface area contributed by atoms with Gasteiger partial charge in [-0.05, 0) is 19.9 Å². The molecular formula is C14H17NO5. The molecular weight excluding hydrogens is 262 g/mol.